The molecule has 2 aliphatic heterocycles. The van der Waals surface area contributed by atoms with Gasteiger partial charge in [-0.05, 0) is 55.3 Å². The first-order chi connectivity index (χ1) is 11.2. The average molecular weight is 310 g/mol. The first-order valence-corrected chi connectivity index (χ1v) is 8.05. The van der Waals surface area contributed by atoms with Gasteiger partial charge in [0.15, 0.2) is 0 Å². The predicted molar refractivity (Wildman–Crippen MR) is 87.7 cm³/mol. The van der Waals surface area contributed by atoms with Crippen LogP contribution in [0.25, 0.3) is 0 Å². The molecule has 1 amide bonds. The summed E-state index contributed by atoms with van der Waals surface area (Å²) in [5.74, 6) is -0.246. The van der Waals surface area contributed by atoms with Crippen molar-refractivity contribution in [3.63, 3.8) is 0 Å². The van der Waals surface area contributed by atoms with E-state index in [-0.39, 0.29) is 11.7 Å². The maximum atomic E-state index is 13.6. The summed E-state index contributed by atoms with van der Waals surface area (Å²) in [5, 5.41) is 2.93. The highest BCUT2D eigenvalue weighted by molar-refractivity contribution is 6.06. The minimum Gasteiger partial charge on any atom is -0.325 e. The average Bonchev–Trinajstić information content (AvgIpc) is 2.83. The molecular formula is C19H19FN2O. The number of rotatable bonds is 2. The number of benzene rings is 2. The van der Waals surface area contributed by atoms with E-state index >= 15 is 0 Å². The Morgan fingerprint density at radius 3 is 2.57 bits per heavy atom. The van der Waals surface area contributed by atoms with Gasteiger partial charge in [0.05, 0.1) is 5.41 Å². The Kier molecular flexibility index (Phi) is 3.42. The van der Waals surface area contributed by atoms with Crippen LogP contribution in [0.3, 0.4) is 0 Å². The van der Waals surface area contributed by atoms with Crippen LogP contribution >= 0.6 is 0 Å². The normalized spacial score (nSPS) is 19.6. The van der Waals surface area contributed by atoms with Gasteiger partial charge in [-0.3, -0.25) is 9.69 Å². The lowest BCUT2D eigenvalue weighted by Crippen LogP contribution is -2.46. The number of fused-ring (bicyclic) bond motifs is 2. The lowest BCUT2D eigenvalue weighted by atomic mass is 9.73. The summed E-state index contributed by atoms with van der Waals surface area (Å²) in [6.45, 7) is 2.59. The first kappa shape index (κ1) is 14.4. The van der Waals surface area contributed by atoms with Crippen molar-refractivity contribution in [2.24, 2.45) is 0 Å². The van der Waals surface area contributed by atoms with Gasteiger partial charge in [-0.2, -0.15) is 0 Å². The molecule has 0 aliphatic carbocycles. The van der Waals surface area contributed by atoms with Crippen molar-refractivity contribution in [2.45, 2.75) is 24.8 Å². The summed E-state index contributed by atoms with van der Waals surface area (Å²) in [4.78, 5) is 14.9. The van der Waals surface area contributed by atoms with Gasteiger partial charge in [0.25, 0.3) is 0 Å². The van der Waals surface area contributed by atoms with Crippen molar-refractivity contribution in [2.75, 3.05) is 18.4 Å². The zero-order valence-electron chi connectivity index (χ0n) is 12.9. The molecule has 1 N–H and O–H groups in total. The van der Waals surface area contributed by atoms with Gasteiger partial charge in [-0.25, -0.2) is 4.39 Å². The maximum Gasteiger partial charge on any atom is 0.235 e. The highest BCUT2D eigenvalue weighted by atomic mass is 19.1. The third-order valence-electron chi connectivity index (χ3n) is 5.14. The van der Waals surface area contributed by atoms with Crippen LogP contribution in [0.2, 0.25) is 0 Å². The van der Waals surface area contributed by atoms with Crippen molar-refractivity contribution < 1.29 is 9.18 Å². The number of halogens is 1. The van der Waals surface area contributed by atoms with Crippen LogP contribution in [0.5, 0.6) is 0 Å². The summed E-state index contributed by atoms with van der Waals surface area (Å²) < 4.78 is 13.6. The molecule has 4 heteroatoms. The monoisotopic (exact) mass is 310 g/mol. The standard InChI is InChI=1S/C19H19FN2O/c20-15-6-7-17-16(12-15)19(18(23)21-17)8-10-22(11-9-19)13-14-4-2-1-3-5-14/h1-7,12H,8-11,13H2,(H,21,23). The third kappa shape index (κ3) is 2.43. The zero-order chi connectivity index (χ0) is 15.9. The molecule has 0 bridgehead atoms. The van der Waals surface area contributed by atoms with Crippen LogP contribution < -0.4 is 5.32 Å². The van der Waals surface area contributed by atoms with E-state index in [0.717, 1.165) is 43.7 Å². The molecule has 2 aromatic rings. The van der Waals surface area contributed by atoms with Crippen LogP contribution in [0.1, 0.15) is 24.0 Å². The summed E-state index contributed by atoms with van der Waals surface area (Å²) in [7, 11) is 0. The number of hydrogen-bond acceptors (Lipinski definition) is 2. The summed E-state index contributed by atoms with van der Waals surface area (Å²) in [6, 6.07) is 15.0. The first-order valence-electron chi connectivity index (χ1n) is 8.05. The topological polar surface area (TPSA) is 32.3 Å². The molecule has 2 heterocycles. The van der Waals surface area contributed by atoms with Gasteiger partial charge in [-0.1, -0.05) is 30.3 Å². The molecule has 0 aromatic heterocycles. The molecular weight excluding hydrogens is 291 g/mol. The molecule has 0 unspecified atom stereocenters. The fourth-order valence-electron chi connectivity index (χ4n) is 3.82. The molecule has 1 saturated heterocycles. The minimum absolute atomic E-state index is 0.0254. The summed E-state index contributed by atoms with van der Waals surface area (Å²) >= 11 is 0. The molecule has 2 aromatic carbocycles. The summed E-state index contributed by atoms with van der Waals surface area (Å²) in [5.41, 5.74) is 2.34. The van der Waals surface area contributed by atoms with Crippen molar-refractivity contribution >= 4 is 11.6 Å². The SMILES string of the molecule is O=C1Nc2ccc(F)cc2C12CCN(Cc1ccccc1)CC2. The van der Waals surface area contributed by atoms with Gasteiger partial charge < -0.3 is 5.32 Å². The van der Waals surface area contributed by atoms with Crippen LogP contribution in [0.15, 0.2) is 48.5 Å². The molecule has 23 heavy (non-hydrogen) atoms. The van der Waals surface area contributed by atoms with E-state index in [1.807, 2.05) is 18.2 Å². The Morgan fingerprint density at radius 2 is 1.83 bits per heavy atom. The highest BCUT2D eigenvalue weighted by Crippen LogP contribution is 2.45. The Labute approximate surface area is 135 Å². The van der Waals surface area contributed by atoms with E-state index in [1.54, 1.807) is 6.07 Å². The van der Waals surface area contributed by atoms with Crippen LogP contribution in [0.4, 0.5) is 10.1 Å². The number of nitrogens with one attached hydrogen (secondary N) is 1. The highest BCUT2D eigenvalue weighted by Gasteiger charge is 2.48. The Hall–Kier alpha value is -2.20. The number of piperidine rings is 1. The molecule has 4 rings (SSSR count). The second-order valence-electron chi connectivity index (χ2n) is 6.49. The molecule has 1 fully saturated rings. The smallest absolute Gasteiger partial charge is 0.235 e. The van der Waals surface area contributed by atoms with Crippen LogP contribution in [-0.2, 0) is 16.8 Å². The number of anilines is 1. The number of amides is 1. The third-order valence-corrected chi connectivity index (χ3v) is 5.14. The number of carbonyl (C=O) groups excluding carboxylic acids is 1. The molecule has 3 nitrogen and oxygen atoms in total. The zero-order valence-corrected chi connectivity index (χ0v) is 12.9. The number of likely N-dealkylation sites (tertiary alicyclic amines) is 1. The van der Waals surface area contributed by atoms with Crippen LogP contribution in [0, 0.1) is 5.82 Å². The molecule has 0 atom stereocenters. The van der Waals surface area contributed by atoms with Gasteiger partial charge in [0, 0.05) is 12.2 Å². The fourth-order valence-corrected chi connectivity index (χ4v) is 3.82. The van der Waals surface area contributed by atoms with Gasteiger partial charge in [0.1, 0.15) is 5.82 Å². The number of carbonyl (C=O) groups is 1. The molecule has 2 aliphatic rings. The van der Waals surface area contributed by atoms with E-state index in [9.17, 15) is 9.18 Å². The summed E-state index contributed by atoms with van der Waals surface area (Å²) in [6.07, 6.45) is 1.48. The largest absolute Gasteiger partial charge is 0.325 e. The Bertz CT molecular complexity index is 736. The van der Waals surface area contributed by atoms with E-state index in [1.165, 1.54) is 17.7 Å². The maximum absolute atomic E-state index is 13.6. The molecule has 0 saturated carbocycles. The van der Waals surface area contributed by atoms with E-state index in [4.69, 9.17) is 0 Å². The number of nitrogens with zero attached hydrogens (tertiary/aromatic N) is 1. The second-order valence-corrected chi connectivity index (χ2v) is 6.49. The van der Waals surface area contributed by atoms with Crippen molar-refractivity contribution in [3.8, 4) is 0 Å². The quantitative estimate of drug-likeness (QED) is 0.923. The lowest BCUT2D eigenvalue weighted by molar-refractivity contribution is -0.122. The molecule has 0 radical (unpaired) electrons. The lowest BCUT2D eigenvalue weighted by Gasteiger charge is -2.38. The molecule has 1 spiro atoms. The fraction of sp³-hybridized carbons (Fsp3) is 0.316. The van der Waals surface area contributed by atoms with E-state index in [2.05, 4.69) is 22.3 Å². The Balaban J connectivity index is 1.53. The van der Waals surface area contributed by atoms with E-state index < -0.39 is 5.41 Å². The molecule has 118 valence electrons. The van der Waals surface area contributed by atoms with Gasteiger partial charge in [0.2, 0.25) is 5.91 Å². The predicted octanol–water partition coefficient (Wildman–Crippen LogP) is 3.31. The van der Waals surface area contributed by atoms with Crippen molar-refractivity contribution in [1.29, 1.82) is 0 Å². The van der Waals surface area contributed by atoms with Crippen molar-refractivity contribution in [3.05, 3.63) is 65.5 Å². The number of hydrogen-bond donors (Lipinski definition) is 1. The Morgan fingerprint density at radius 1 is 1.09 bits per heavy atom. The van der Waals surface area contributed by atoms with Crippen LogP contribution in [-0.4, -0.2) is 23.9 Å². The van der Waals surface area contributed by atoms with Crippen molar-refractivity contribution in [1.82, 2.24) is 4.90 Å². The van der Waals surface area contributed by atoms with E-state index in [0.29, 0.717) is 0 Å². The minimum atomic E-state index is -0.551. The second kappa shape index (κ2) is 5.46. The van der Waals surface area contributed by atoms with Gasteiger partial charge in [-0.15, -0.1) is 0 Å². The van der Waals surface area contributed by atoms with Gasteiger partial charge >= 0.3 is 0 Å².